The summed E-state index contributed by atoms with van der Waals surface area (Å²) >= 11 is 4.13. The van der Waals surface area contributed by atoms with Gasteiger partial charge in [-0.3, -0.25) is 0 Å². The number of methoxy groups -OCH3 is 1. The molecule has 0 radical (unpaired) electrons. The van der Waals surface area contributed by atoms with Crippen molar-refractivity contribution in [2.24, 2.45) is 0 Å². The van der Waals surface area contributed by atoms with Crippen molar-refractivity contribution in [2.45, 2.75) is 0 Å². The number of hydrogen-bond donors (Lipinski definition) is 1. The first-order chi connectivity index (χ1) is 7.86. The summed E-state index contributed by atoms with van der Waals surface area (Å²) in [5.74, 6) is 2.46. The number of rotatable bonds is 4. The molecule has 2 aromatic rings. The van der Waals surface area contributed by atoms with Crippen molar-refractivity contribution < 1.29 is 9.47 Å². The highest BCUT2D eigenvalue weighted by atomic mass is 32.1. The van der Waals surface area contributed by atoms with Gasteiger partial charge in [-0.05, 0) is 12.1 Å². The lowest BCUT2D eigenvalue weighted by Crippen LogP contribution is -1.99. The molecule has 0 aliphatic heterocycles. The molecule has 0 aromatic heterocycles. The van der Waals surface area contributed by atoms with Crippen LogP contribution >= 0.6 is 12.6 Å². The van der Waals surface area contributed by atoms with Crippen LogP contribution in [0, 0.1) is 0 Å². The molecule has 0 unspecified atom stereocenters. The summed E-state index contributed by atoms with van der Waals surface area (Å²) in [6.07, 6.45) is 0. The van der Waals surface area contributed by atoms with Gasteiger partial charge in [0, 0.05) is 16.5 Å². The van der Waals surface area contributed by atoms with Crippen molar-refractivity contribution >= 4 is 23.4 Å². The number of benzene rings is 2. The molecule has 2 nitrogen and oxygen atoms in total. The summed E-state index contributed by atoms with van der Waals surface area (Å²) in [7, 11) is 1.68. The Labute approximate surface area is 101 Å². The minimum atomic E-state index is 0.611. The quantitative estimate of drug-likeness (QED) is 0.819. The standard InChI is InChI=1S/C13H14O2S/c1-14-12-6-7-13(15-8-9-16)11-5-3-2-4-10(11)12/h2-7,16H,8-9H2,1H3. The summed E-state index contributed by atoms with van der Waals surface area (Å²) in [4.78, 5) is 0. The Morgan fingerprint density at radius 1 is 1.00 bits per heavy atom. The first kappa shape index (κ1) is 11.1. The zero-order chi connectivity index (χ0) is 11.4. The van der Waals surface area contributed by atoms with Crippen LogP contribution in [0.1, 0.15) is 0 Å². The van der Waals surface area contributed by atoms with Crippen LogP contribution in [0.2, 0.25) is 0 Å². The van der Waals surface area contributed by atoms with E-state index in [1.54, 1.807) is 7.11 Å². The van der Waals surface area contributed by atoms with E-state index in [4.69, 9.17) is 9.47 Å². The Bertz CT molecular complexity index is 482. The van der Waals surface area contributed by atoms with Gasteiger partial charge >= 0.3 is 0 Å². The van der Waals surface area contributed by atoms with Crippen LogP contribution in [0.15, 0.2) is 36.4 Å². The van der Waals surface area contributed by atoms with E-state index >= 15 is 0 Å². The van der Waals surface area contributed by atoms with Gasteiger partial charge in [-0.1, -0.05) is 24.3 Å². The van der Waals surface area contributed by atoms with Gasteiger partial charge in [-0.15, -0.1) is 0 Å². The average Bonchev–Trinajstić information content (AvgIpc) is 2.36. The predicted molar refractivity (Wildman–Crippen MR) is 69.8 cm³/mol. The van der Waals surface area contributed by atoms with E-state index in [0.717, 1.165) is 22.3 Å². The topological polar surface area (TPSA) is 18.5 Å². The maximum Gasteiger partial charge on any atom is 0.127 e. The van der Waals surface area contributed by atoms with Gasteiger partial charge in [0.1, 0.15) is 11.5 Å². The molecule has 16 heavy (non-hydrogen) atoms. The van der Waals surface area contributed by atoms with Crippen LogP contribution in [0.5, 0.6) is 11.5 Å². The van der Waals surface area contributed by atoms with Crippen LogP contribution in [-0.4, -0.2) is 19.5 Å². The summed E-state index contributed by atoms with van der Waals surface area (Å²) < 4.78 is 11.0. The highest BCUT2D eigenvalue weighted by molar-refractivity contribution is 7.80. The Morgan fingerprint density at radius 2 is 1.62 bits per heavy atom. The fraction of sp³-hybridized carbons (Fsp3) is 0.231. The fourth-order valence-corrected chi connectivity index (χ4v) is 1.79. The molecule has 0 atom stereocenters. The summed E-state index contributed by atoms with van der Waals surface area (Å²) in [5.41, 5.74) is 0. The highest BCUT2D eigenvalue weighted by Crippen LogP contribution is 2.32. The second-order valence-electron chi connectivity index (χ2n) is 3.38. The molecular formula is C13H14O2S. The predicted octanol–water partition coefficient (Wildman–Crippen LogP) is 3.16. The molecule has 0 heterocycles. The third-order valence-corrected chi connectivity index (χ3v) is 2.60. The Hall–Kier alpha value is -1.35. The number of hydrogen-bond acceptors (Lipinski definition) is 3. The third kappa shape index (κ3) is 2.09. The first-order valence-corrected chi connectivity index (χ1v) is 5.79. The van der Waals surface area contributed by atoms with Crippen molar-refractivity contribution in [3.8, 4) is 11.5 Å². The molecule has 0 aliphatic rings. The summed E-state index contributed by atoms with van der Waals surface area (Å²) in [5, 5.41) is 2.14. The molecule has 0 aliphatic carbocycles. The van der Waals surface area contributed by atoms with E-state index < -0.39 is 0 Å². The van der Waals surface area contributed by atoms with E-state index in [-0.39, 0.29) is 0 Å². The minimum Gasteiger partial charge on any atom is -0.496 e. The molecule has 0 N–H and O–H groups in total. The molecule has 2 rings (SSSR count). The van der Waals surface area contributed by atoms with Crippen LogP contribution in [0.25, 0.3) is 10.8 Å². The van der Waals surface area contributed by atoms with Gasteiger partial charge in [-0.25, -0.2) is 0 Å². The summed E-state index contributed by atoms with van der Waals surface area (Å²) in [6, 6.07) is 11.9. The molecule has 0 saturated heterocycles. The lowest BCUT2D eigenvalue weighted by molar-refractivity contribution is 0.347. The van der Waals surface area contributed by atoms with Gasteiger partial charge in [0.25, 0.3) is 0 Å². The molecule has 0 spiro atoms. The van der Waals surface area contributed by atoms with Crippen molar-refractivity contribution in [1.29, 1.82) is 0 Å². The number of thiol groups is 1. The van der Waals surface area contributed by atoms with Crippen molar-refractivity contribution in [1.82, 2.24) is 0 Å². The van der Waals surface area contributed by atoms with Gasteiger partial charge in [0.05, 0.1) is 13.7 Å². The molecule has 0 bridgehead atoms. The second kappa shape index (κ2) is 5.12. The summed E-state index contributed by atoms with van der Waals surface area (Å²) in [6.45, 7) is 0.611. The Kier molecular flexibility index (Phi) is 3.57. The molecule has 3 heteroatoms. The van der Waals surface area contributed by atoms with Gasteiger partial charge in [-0.2, -0.15) is 12.6 Å². The van der Waals surface area contributed by atoms with E-state index in [9.17, 15) is 0 Å². The molecular weight excluding hydrogens is 220 g/mol. The monoisotopic (exact) mass is 234 g/mol. The van der Waals surface area contributed by atoms with Gasteiger partial charge < -0.3 is 9.47 Å². The van der Waals surface area contributed by atoms with Crippen LogP contribution in [-0.2, 0) is 0 Å². The molecule has 0 amide bonds. The van der Waals surface area contributed by atoms with E-state index in [0.29, 0.717) is 12.4 Å². The Morgan fingerprint density at radius 3 is 2.25 bits per heavy atom. The average molecular weight is 234 g/mol. The van der Waals surface area contributed by atoms with E-state index in [1.807, 2.05) is 36.4 Å². The highest BCUT2D eigenvalue weighted by Gasteiger charge is 2.06. The number of ether oxygens (including phenoxy) is 2. The number of fused-ring (bicyclic) bond motifs is 1. The normalized spacial score (nSPS) is 10.4. The molecule has 84 valence electrons. The lowest BCUT2D eigenvalue weighted by Gasteiger charge is -2.11. The zero-order valence-electron chi connectivity index (χ0n) is 9.14. The first-order valence-electron chi connectivity index (χ1n) is 5.16. The smallest absolute Gasteiger partial charge is 0.127 e. The SMILES string of the molecule is COc1ccc(OCCS)c2ccccc12. The van der Waals surface area contributed by atoms with E-state index in [2.05, 4.69) is 12.6 Å². The third-order valence-electron chi connectivity index (χ3n) is 2.41. The van der Waals surface area contributed by atoms with Crippen molar-refractivity contribution in [2.75, 3.05) is 19.5 Å². The van der Waals surface area contributed by atoms with Crippen molar-refractivity contribution in [3.05, 3.63) is 36.4 Å². The van der Waals surface area contributed by atoms with Crippen molar-refractivity contribution in [3.63, 3.8) is 0 Å². The van der Waals surface area contributed by atoms with Gasteiger partial charge in [0.15, 0.2) is 0 Å². The van der Waals surface area contributed by atoms with Crippen LogP contribution in [0.3, 0.4) is 0 Å². The van der Waals surface area contributed by atoms with Gasteiger partial charge in [0.2, 0.25) is 0 Å². The van der Waals surface area contributed by atoms with Crippen LogP contribution < -0.4 is 9.47 Å². The molecule has 2 aromatic carbocycles. The fourth-order valence-electron chi connectivity index (χ4n) is 1.70. The van der Waals surface area contributed by atoms with Crippen LogP contribution in [0.4, 0.5) is 0 Å². The Balaban J connectivity index is 2.51. The molecule has 0 fully saturated rings. The maximum atomic E-state index is 5.64. The largest absolute Gasteiger partial charge is 0.496 e. The second-order valence-corrected chi connectivity index (χ2v) is 3.83. The van der Waals surface area contributed by atoms with E-state index in [1.165, 1.54) is 0 Å². The zero-order valence-corrected chi connectivity index (χ0v) is 10.0. The minimum absolute atomic E-state index is 0.611. The maximum absolute atomic E-state index is 5.64. The molecule has 0 saturated carbocycles. The lowest BCUT2D eigenvalue weighted by atomic mass is 10.1.